The highest BCUT2D eigenvalue weighted by atomic mass is 32.2. The van der Waals surface area contributed by atoms with Crippen LogP contribution in [0.2, 0.25) is 0 Å². The molecule has 1 heterocycles. The molecule has 1 fully saturated rings. The van der Waals surface area contributed by atoms with E-state index in [1.165, 1.54) is 12.0 Å². The summed E-state index contributed by atoms with van der Waals surface area (Å²) >= 11 is 0. The summed E-state index contributed by atoms with van der Waals surface area (Å²) in [6.45, 7) is 2.34. The van der Waals surface area contributed by atoms with Crippen molar-refractivity contribution < 1.29 is 22.7 Å². The first-order valence-electron chi connectivity index (χ1n) is 8.78. The van der Waals surface area contributed by atoms with E-state index >= 15 is 0 Å². The molecule has 0 bridgehead atoms. The molecule has 0 saturated carbocycles. The third-order valence-electron chi connectivity index (χ3n) is 4.20. The number of ether oxygens (including phenoxy) is 1. The van der Waals surface area contributed by atoms with E-state index in [0.29, 0.717) is 17.7 Å². The van der Waals surface area contributed by atoms with E-state index in [9.17, 15) is 18.0 Å². The van der Waals surface area contributed by atoms with Gasteiger partial charge in [0.05, 0.1) is 12.9 Å². The quantitative estimate of drug-likeness (QED) is 0.614. The zero-order chi connectivity index (χ0) is 20.0. The van der Waals surface area contributed by atoms with Crippen LogP contribution in [0.1, 0.15) is 23.7 Å². The van der Waals surface area contributed by atoms with Gasteiger partial charge in [-0.3, -0.25) is 9.59 Å². The average Bonchev–Trinajstić information content (AvgIpc) is 3.11. The number of carbonyl (C=O) groups is 2. The summed E-state index contributed by atoms with van der Waals surface area (Å²) in [7, 11) is -2.18. The second-order valence-corrected chi connectivity index (χ2v) is 8.15. The minimum atomic E-state index is -3.67. The van der Waals surface area contributed by atoms with Crippen LogP contribution in [-0.2, 0) is 14.8 Å². The van der Waals surface area contributed by atoms with Gasteiger partial charge in [0.15, 0.2) is 6.17 Å². The summed E-state index contributed by atoms with van der Waals surface area (Å²) in [5.74, 6) is -0.584. The molecule has 9 nitrogen and oxygen atoms in total. The Hall–Kier alpha value is -2.17. The smallest absolute Gasteiger partial charge is 0.259 e. The first-order valence-corrected chi connectivity index (χ1v) is 10.4. The van der Waals surface area contributed by atoms with Crippen LogP contribution in [0, 0.1) is 0 Å². The molecule has 1 aromatic carbocycles. The molecule has 3 N–H and O–H groups in total. The minimum absolute atomic E-state index is 0.0682. The molecule has 27 heavy (non-hydrogen) atoms. The lowest BCUT2D eigenvalue weighted by atomic mass is 10.2. The van der Waals surface area contributed by atoms with Gasteiger partial charge in [0.1, 0.15) is 5.75 Å². The van der Waals surface area contributed by atoms with Crippen LogP contribution < -0.4 is 15.8 Å². The zero-order valence-corrected chi connectivity index (χ0v) is 16.4. The van der Waals surface area contributed by atoms with Crippen LogP contribution in [0.3, 0.4) is 0 Å². The van der Waals surface area contributed by atoms with Crippen molar-refractivity contribution in [2.75, 3.05) is 39.0 Å². The predicted molar refractivity (Wildman–Crippen MR) is 101 cm³/mol. The molecule has 0 aromatic heterocycles. The van der Waals surface area contributed by atoms with Gasteiger partial charge in [-0.1, -0.05) is 13.0 Å². The van der Waals surface area contributed by atoms with Gasteiger partial charge < -0.3 is 20.7 Å². The van der Waals surface area contributed by atoms with Gasteiger partial charge in [-0.05, 0) is 24.6 Å². The lowest BCUT2D eigenvalue weighted by Crippen LogP contribution is -2.54. The van der Waals surface area contributed by atoms with Gasteiger partial charge in [0.2, 0.25) is 10.0 Å². The maximum absolute atomic E-state index is 13.0. The number of amides is 2. The largest absolute Gasteiger partial charge is 0.497 e. The Morgan fingerprint density at radius 3 is 2.70 bits per heavy atom. The van der Waals surface area contributed by atoms with Gasteiger partial charge in [0.25, 0.3) is 11.8 Å². The summed E-state index contributed by atoms with van der Waals surface area (Å²) in [4.78, 5) is 26.9. The van der Waals surface area contributed by atoms with E-state index in [0.717, 1.165) is 4.31 Å². The number of rotatable bonds is 8. The van der Waals surface area contributed by atoms with Crippen molar-refractivity contribution in [1.82, 2.24) is 14.5 Å². The Morgan fingerprint density at radius 2 is 2.07 bits per heavy atom. The summed E-state index contributed by atoms with van der Waals surface area (Å²) in [5.41, 5.74) is 5.74. The maximum atomic E-state index is 13.0. The van der Waals surface area contributed by atoms with Crippen molar-refractivity contribution >= 4 is 21.8 Å². The van der Waals surface area contributed by atoms with E-state index in [1.54, 1.807) is 31.2 Å². The lowest BCUT2D eigenvalue weighted by molar-refractivity contribution is -0.127. The lowest BCUT2D eigenvalue weighted by Gasteiger charge is -2.28. The number of carbonyl (C=O) groups excluding carboxylic acids is 2. The molecule has 0 aliphatic carbocycles. The van der Waals surface area contributed by atoms with E-state index < -0.39 is 28.0 Å². The number of sulfonamides is 1. The fraction of sp³-hybridized carbons (Fsp3) is 0.529. The van der Waals surface area contributed by atoms with Crippen LogP contribution in [-0.4, -0.2) is 74.6 Å². The number of methoxy groups -OCH3 is 1. The highest BCUT2D eigenvalue weighted by molar-refractivity contribution is 7.89. The van der Waals surface area contributed by atoms with Gasteiger partial charge >= 0.3 is 0 Å². The number of nitrogens with zero attached hydrogens (tertiary/aromatic N) is 2. The molecular formula is C17H26N4O5S. The predicted octanol–water partition coefficient (Wildman–Crippen LogP) is -0.406. The van der Waals surface area contributed by atoms with Crippen molar-refractivity contribution in [2.24, 2.45) is 5.73 Å². The van der Waals surface area contributed by atoms with Gasteiger partial charge in [-0.2, -0.15) is 4.31 Å². The third kappa shape index (κ3) is 4.76. The highest BCUT2D eigenvalue weighted by Crippen LogP contribution is 2.23. The topological polar surface area (TPSA) is 122 Å². The van der Waals surface area contributed by atoms with Crippen LogP contribution in [0.4, 0.5) is 0 Å². The summed E-state index contributed by atoms with van der Waals surface area (Å²) in [6.07, 6.45) is -0.813. The highest BCUT2D eigenvalue weighted by Gasteiger charge is 2.45. The molecule has 2 rings (SSSR count). The second kappa shape index (κ2) is 9.16. The van der Waals surface area contributed by atoms with Crippen molar-refractivity contribution in [3.63, 3.8) is 0 Å². The monoisotopic (exact) mass is 398 g/mol. The molecule has 0 spiro atoms. The van der Waals surface area contributed by atoms with Crippen LogP contribution in [0.5, 0.6) is 5.75 Å². The van der Waals surface area contributed by atoms with E-state index in [4.69, 9.17) is 10.5 Å². The molecular weight excluding hydrogens is 372 g/mol. The molecule has 1 unspecified atom stereocenters. The molecule has 1 saturated heterocycles. The number of hydrogen-bond donors (Lipinski definition) is 2. The summed E-state index contributed by atoms with van der Waals surface area (Å²) in [5, 5.41) is 2.59. The Kier molecular flexibility index (Phi) is 7.17. The first-order chi connectivity index (χ1) is 12.9. The minimum Gasteiger partial charge on any atom is -0.497 e. The molecule has 10 heteroatoms. The molecule has 1 aliphatic rings. The van der Waals surface area contributed by atoms with Gasteiger partial charge in [-0.15, -0.1) is 0 Å². The van der Waals surface area contributed by atoms with E-state index in [1.807, 2.05) is 0 Å². The van der Waals surface area contributed by atoms with E-state index in [2.05, 4.69) is 5.32 Å². The fourth-order valence-corrected chi connectivity index (χ4v) is 4.59. The molecule has 1 aromatic rings. The first kappa shape index (κ1) is 21.1. The Labute approximate surface area is 159 Å². The van der Waals surface area contributed by atoms with Crippen LogP contribution in [0.25, 0.3) is 0 Å². The Balaban J connectivity index is 2.35. The van der Waals surface area contributed by atoms with Crippen molar-refractivity contribution in [3.05, 3.63) is 29.8 Å². The maximum Gasteiger partial charge on any atom is 0.259 e. The average molecular weight is 398 g/mol. The van der Waals surface area contributed by atoms with Crippen LogP contribution in [0.15, 0.2) is 24.3 Å². The molecule has 1 atom stereocenters. The standard InChI is InChI=1S/C17H26N4O5S/c1-3-11-27(24,25)21-10-9-20(16(21)15(22)19-8-7-18)17(23)13-5-4-6-14(12-13)26-2/h4-6,12,16H,3,7-11,18H2,1-2H3,(H,19,22). The molecule has 150 valence electrons. The van der Waals surface area contributed by atoms with Crippen molar-refractivity contribution in [2.45, 2.75) is 19.5 Å². The SMILES string of the molecule is CCCS(=O)(=O)N1CCN(C(=O)c2cccc(OC)c2)C1C(=O)NCCN. The number of nitrogens with one attached hydrogen (secondary N) is 1. The Bertz CT molecular complexity index is 783. The zero-order valence-electron chi connectivity index (χ0n) is 15.6. The van der Waals surface area contributed by atoms with E-state index in [-0.39, 0.29) is 31.9 Å². The van der Waals surface area contributed by atoms with Gasteiger partial charge in [-0.25, -0.2) is 8.42 Å². The number of benzene rings is 1. The molecule has 2 amide bonds. The van der Waals surface area contributed by atoms with Crippen molar-refractivity contribution in [3.8, 4) is 5.75 Å². The fourth-order valence-electron chi connectivity index (χ4n) is 2.97. The Morgan fingerprint density at radius 1 is 1.33 bits per heavy atom. The van der Waals surface area contributed by atoms with Crippen molar-refractivity contribution in [1.29, 1.82) is 0 Å². The van der Waals surface area contributed by atoms with Gasteiger partial charge in [0, 0.05) is 31.7 Å². The molecule has 0 radical (unpaired) electrons. The normalized spacial score (nSPS) is 17.7. The number of hydrogen-bond acceptors (Lipinski definition) is 6. The second-order valence-electron chi connectivity index (χ2n) is 6.11. The van der Waals surface area contributed by atoms with Crippen LogP contribution >= 0.6 is 0 Å². The third-order valence-corrected chi connectivity index (χ3v) is 6.23. The summed E-state index contributed by atoms with van der Waals surface area (Å²) < 4.78 is 31.4. The molecule has 1 aliphatic heterocycles. The number of nitrogens with two attached hydrogens (primary N) is 1. The summed E-state index contributed by atoms with van der Waals surface area (Å²) in [6, 6.07) is 6.52.